The number of rotatable bonds is 6. The molecule has 0 saturated carbocycles. The van der Waals surface area contributed by atoms with Crippen LogP contribution in [0, 0.1) is 12.8 Å². The Morgan fingerprint density at radius 3 is 2.63 bits per heavy atom. The SMILES string of the molecule is CNCC(C)C(=O)Nc1ccc(C)cc1CN(C)C. The van der Waals surface area contributed by atoms with Gasteiger partial charge in [-0.15, -0.1) is 0 Å². The molecule has 0 bridgehead atoms. The van der Waals surface area contributed by atoms with Gasteiger partial charge in [0.05, 0.1) is 0 Å². The lowest BCUT2D eigenvalue weighted by molar-refractivity contribution is -0.119. The first-order chi connectivity index (χ1) is 8.93. The molecule has 106 valence electrons. The van der Waals surface area contributed by atoms with E-state index in [0.717, 1.165) is 17.8 Å². The van der Waals surface area contributed by atoms with E-state index in [0.29, 0.717) is 6.54 Å². The number of nitrogens with one attached hydrogen (secondary N) is 2. The molecule has 1 unspecified atom stereocenters. The average molecular weight is 263 g/mol. The Labute approximate surface area is 116 Å². The van der Waals surface area contributed by atoms with Gasteiger partial charge in [-0.25, -0.2) is 0 Å². The monoisotopic (exact) mass is 263 g/mol. The maximum absolute atomic E-state index is 12.1. The van der Waals surface area contributed by atoms with Crippen LogP contribution in [0.25, 0.3) is 0 Å². The van der Waals surface area contributed by atoms with Crippen molar-refractivity contribution in [2.75, 3.05) is 33.0 Å². The summed E-state index contributed by atoms with van der Waals surface area (Å²) in [6.07, 6.45) is 0. The van der Waals surface area contributed by atoms with Crippen LogP contribution in [-0.2, 0) is 11.3 Å². The molecule has 0 aromatic heterocycles. The summed E-state index contributed by atoms with van der Waals surface area (Å²) in [7, 11) is 5.91. The Kier molecular flexibility index (Phi) is 5.99. The molecule has 1 aromatic carbocycles. The highest BCUT2D eigenvalue weighted by Gasteiger charge is 2.14. The van der Waals surface area contributed by atoms with E-state index in [9.17, 15) is 4.79 Å². The third kappa shape index (κ3) is 5.01. The van der Waals surface area contributed by atoms with Crippen molar-refractivity contribution in [3.8, 4) is 0 Å². The molecule has 0 spiro atoms. The number of aryl methyl sites for hydroxylation is 1. The second-order valence-corrected chi connectivity index (χ2v) is 5.35. The van der Waals surface area contributed by atoms with E-state index < -0.39 is 0 Å². The van der Waals surface area contributed by atoms with Crippen LogP contribution in [0.15, 0.2) is 18.2 Å². The molecule has 0 aliphatic carbocycles. The summed E-state index contributed by atoms with van der Waals surface area (Å²) in [6, 6.07) is 6.13. The number of anilines is 1. The molecular formula is C15H25N3O. The van der Waals surface area contributed by atoms with E-state index in [1.54, 1.807) is 0 Å². The largest absolute Gasteiger partial charge is 0.326 e. The molecule has 4 heteroatoms. The zero-order valence-corrected chi connectivity index (χ0v) is 12.6. The second kappa shape index (κ2) is 7.26. The van der Waals surface area contributed by atoms with Gasteiger partial charge in [-0.1, -0.05) is 24.6 Å². The molecule has 1 aromatic rings. The fourth-order valence-corrected chi connectivity index (χ4v) is 1.97. The topological polar surface area (TPSA) is 44.4 Å². The fraction of sp³-hybridized carbons (Fsp3) is 0.533. The molecule has 1 amide bonds. The maximum Gasteiger partial charge on any atom is 0.228 e. The molecule has 19 heavy (non-hydrogen) atoms. The zero-order chi connectivity index (χ0) is 14.4. The summed E-state index contributed by atoms with van der Waals surface area (Å²) in [5.41, 5.74) is 3.26. The Morgan fingerprint density at radius 1 is 1.37 bits per heavy atom. The van der Waals surface area contributed by atoms with E-state index in [1.807, 2.05) is 40.2 Å². The Bertz CT molecular complexity index is 429. The smallest absolute Gasteiger partial charge is 0.228 e. The molecule has 0 aliphatic rings. The predicted molar refractivity (Wildman–Crippen MR) is 80.3 cm³/mol. The van der Waals surface area contributed by atoms with Crippen molar-refractivity contribution >= 4 is 11.6 Å². The zero-order valence-electron chi connectivity index (χ0n) is 12.6. The quantitative estimate of drug-likeness (QED) is 0.823. The van der Waals surface area contributed by atoms with Gasteiger partial charge < -0.3 is 15.5 Å². The van der Waals surface area contributed by atoms with Gasteiger partial charge >= 0.3 is 0 Å². The van der Waals surface area contributed by atoms with Gasteiger partial charge in [0.2, 0.25) is 5.91 Å². The van der Waals surface area contributed by atoms with Crippen LogP contribution in [0.1, 0.15) is 18.1 Å². The van der Waals surface area contributed by atoms with Crippen molar-refractivity contribution in [2.24, 2.45) is 5.92 Å². The Hall–Kier alpha value is -1.39. The van der Waals surface area contributed by atoms with E-state index in [1.165, 1.54) is 5.56 Å². The highest BCUT2D eigenvalue weighted by molar-refractivity contribution is 5.93. The molecule has 1 atom stereocenters. The van der Waals surface area contributed by atoms with Gasteiger partial charge in [0.1, 0.15) is 0 Å². The van der Waals surface area contributed by atoms with Crippen LogP contribution in [0.4, 0.5) is 5.69 Å². The van der Waals surface area contributed by atoms with Gasteiger partial charge in [-0.3, -0.25) is 4.79 Å². The summed E-state index contributed by atoms with van der Waals surface area (Å²) in [5, 5.41) is 6.04. The van der Waals surface area contributed by atoms with E-state index in [2.05, 4.69) is 28.5 Å². The van der Waals surface area contributed by atoms with Crippen LogP contribution in [0.3, 0.4) is 0 Å². The summed E-state index contributed by atoms with van der Waals surface area (Å²) in [6.45, 7) is 5.48. The van der Waals surface area contributed by atoms with Crippen molar-refractivity contribution < 1.29 is 4.79 Å². The Balaban J connectivity index is 2.84. The number of nitrogens with zero attached hydrogens (tertiary/aromatic N) is 1. The van der Waals surface area contributed by atoms with Gasteiger partial charge in [0.25, 0.3) is 0 Å². The molecule has 0 saturated heterocycles. The Morgan fingerprint density at radius 2 is 2.05 bits per heavy atom. The third-order valence-electron chi connectivity index (χ3n) is 2.96. The fourth-order valence-electron chi connectivity index (χ4n) is 1.97. The number of benzene rings is 1. The molecule has 2 N–H and O–H groups in total. The van der Waals surface area contributed by atoms with Gasteiger partial charge in [-0.2, -0.15) is 0 Å². The molecule has 0 radical (unpaired) electrons. The molecular weight excluding hydrogens is 238 g/mol. The van der Waals surface area contributed by atoms with E-state index in [4.69, 9.17) is 0 Å². The van der Waals surface area contributed by atoms with Crippen LogP contribution in [0.5, 0.6) is 0 Å². The molecule has 0 aliphatic heterocycles. The third-order valence-corrected chi connectivity index (χ3v) is 2.96. The number of carbonyl (C=O) groups is 1. The van der Waals surface area contributed by atoms with Gasteiger partial charge in [0.15, 0.2) is 0 Å². The lowest BCUT2D eigenvalue weighted by Gasteiger charge is -2.17. The molecule has 0 heterocycles. The standard InChI is InChI=1S/C15H25N3O/c1-11-6-7-14(13(8-11)10-18(4)5)17-15(19)12(2)9-16-3/h6-8,12,16H,9-10H2,1-5H3,(H,17,19). The van der Waals surface area contributed by atoms with Crippen LogP contribution >= 0.6 is 0 Å². The summed E-state index contributed by atoms with van der Waals surface area (Å²) >= 11 is 0. The van der Waals surface area contributed by atoms with Crippen molar-refractivity contribution in [2.45, 2.75) is 20.4 Å². The first-order valence-corrected chi connectivity index (χ1v) is 6.63. The number of hydrogen-bond donors (Lipinski definition) is 2. The van der Waals surface area contributed by atoms with E-state index in [-0.39, 0.29) is 11.8 Å². The van der Waals surface area contributed by atoms with Crippen molar-refractivity contribution in [3.05, 3.63) is 29.3 Å². The van der Waals surface area contributed by atoms with Crippen molar-refractivity contribution in [3.63, 3.8) is 0 Å². The lowest BCUT2D eigenvalue weighted by atomic mass is 10.1. The predicted octanol–water partition coefficient (Wildman–Crippen LogP) is 1.85. The summed E-state index contributed by atoms with van der Waals surface area (Å²) in [4.78, 5) is 14.2. The lowest BCUT2D eigenvalue weighted by Crippen LogP contribution is -2.29. The molecule has 4 nitrogen and oxygen atoms in total. The average Bonchev–Trinajstić information content (AvgIpc) is 2.32. The highest BCUT2D eigenvalue weighted by Crippen LogP contribution is 2.19. The molecule has 1 rings (SSSR count). The second-order valence-electron chi connectivity index (χ2n) is 5.35. The minimum atomic E-state index is -0.0430. The van der Waals surface area contributed by atoms with Crippen LogP contribution in [0.2, 0.25) is 0 Å². The first-order valence-electron chi connectivity index (χ1n) is 6.63. The number of hydrogen-bond acceptors (Lipinski definition) is 3. The van der Waals surface area contributed by atoms with Crippen LogP contribution in [-0.4, -0.2) is 38.5 Å². The normalized spacial score (nSPS) is 12.5. The molecule has 0 fully saturated rings. The first kappa shape index (κ1) is 15.7. The van der Waals surface area contributed by atoms with Gasteiger partial charge in [-0.05, 0) is 39.7 Å². The summed E-state index contributed by atoms with van der Waals surface area (Å²) in [5.74, 6) is 0.0109. The maximum atomic E-state index is 12.1. The van der Waals surface area contributed by atoms with E-state index >= 15 is 0 Å². The highest BCUT2D eigenvalue weighted by atomic mass is 16.1. The minimum Gasteiger partial charge on any atom is -0.326 e. The summed E-state index contributed by atoms with van der Waals surface area (Å²) < 4.78 is 0. The van der Waals surface area contributed by atoms with Crippen molar-refractivity contribution in [1.29, 1.82) is 0 Å². The van der Waals surface area contributed by atoms with Crippen LogP contribution < -0.4 is 10.6 Å². The number of amides is 1. The minimum absolute atomic E-state index is 0.0430. The van der Waals surface area contributed by atoms with Crippen molar-refractivity contribution in [1.82, 2.24) is 10.2 Å². The van der Waals surface area contributed by atoms with Gasteiger partial charge in [0, 0.05) is 24.7 Å². The number of carbonyl (C=O) groups excluding carboxylic acids is 1.